The van der Waals surface area contributed by atoms with Crippen LogP contribution < -0.4 is 14.2 Å². The van der Waals surface area contributed by atoms with Gasteiger partial charge >= 0.3 is 5.97 Å². The third-order valence-corrected chi connectivity index (χ3v) is 5.11. The maximum Gasteiger partial charge on any atom is 0.338 e. The van der Waals surface area contributed by atoms with Crippen molar-refractivity contribution in [3.05, 3.63) is 114 Å². The Labute approximate surface area is 243 Å². The third kappa shape index (κ3) is 12.2. The second kappa shape index (κ2) is 17.6. The van der Waals surface area contributed by atoms with E-state index in [1.807, 2.05) is 81.5 Å². The van der Waals surface area contributed by atoms with Gasteiger partial charge in [0, 0.05) is 11.1 Å². The van der Waals surface area contributed by atoms with Crippen LogP contribution in [0.1, 0.15) is 44.4 Å². The Morgan fingerprint density at radius 3 is 1.78 bits per heavy atom. The molecule has 0 spiro atoms. The predicted molar refractivity (Wildman–Crippen MR) is 167 cm³/mol. The van der Waals surface area contributed by atoms with Crippen LogP contribution in [0.25, 0.3) is 23.3 Å². The van der Waals surface area contributed by atoms with Crippen molar-refractivity contribution in [2.75, 3.05) is 7.11 Å². The van der Waals surface area contributed by atoms with Crippen molar-refractivity contribution in [3.8, 4) is 28.4 Å². The van der Waals surface area contributed by atoms with Crippen molar-refractivity contribution >= 4 is 30.9 Å². The van der Waals surface area contributed by atoms with E-state index in [2.05, 4.69) is 19.7 Å². The summed E-state index contributed by atoms with van der Waals surface area (Å²) in [4.78, 5) is 32.2. The van der Waals surface area contributed by atoms with Gasteiger partial charge in [-0.15, -0.1) is 6.58 Å². The van der Waals surface area contributed by atoms with Crippen molar-refractivity contribution in [2.24, 2.45) is 0 Å². The molecule has 0 aliphatic heterocycles. The quantitative estimate of drug-likeness (QED) is 0.0662. The van der Waals surface area contributed by atoms with Crippen LogP contribution in [0.2, 0.25) is 0 Å². The van der Waals surface area contributed by atoms with Crippen molar-refractivity contribution < 1.29 is 28.6 Å². The lowest BCUT2D eigenvalue weighted by molar-refractivity contribution is -0.130. The van der Waals surface area contributed by atoms with E-state index < -0.39 is 5.97 Å². The largest absolute Gasteiger partial charge is 0.497 e. The first-order chi connectivity index (χ1) is 19.4. The fourth-order valence-electron chi connectivity index (χ4n) is 3.10. The number of carbonyl (C=O) groups excluding carboxylic acids is 3. The molecule has 0 radical (unpaired) electrons. The fraction of sp³-hybridized carbons (Fsp3) is 0.171. The molecule has 6 heteroatoms. The van der Waals surface area contributed by atoms with Crippen LogP contribution in [0.4, 0.5) is 0 Å². The van der Waals surface area contributed by atoms with E-state index >= 15 is 0 Å². The average Bonchev–Trinajstić information content (AvgIpc) is 2.94. The molecule has 0 amide bonds. The number of rotatable bonds is 9. The number of carbonyl (C=O) groups is 3. The second-order valence-corrected chi connectivity index (χ2v) is 9.34. The van der Waals surface area contributed by atoms with E-state index in [1.165, 1.54) is 5.57 Å². The summed E-state index contributed by atoms with van der Waals surface area (Å²) in [5, 5.41) is 0. The summed E-state index contributed by atoms with van der Waals surface area (Å²) in [6.45, 7) is 20.1. The Morgan fingerprint density at radius 1 is 0.780 bits per heavy atom. The number of hydrogen-bond acceptors (Lipinski definition) is 6. The first-order valence-electron chi connectivity index (χ1n) is 12.7. The number of ether oxygens (including phenoxy) is 3. The van der Waals surface area contributed by atoms with Crippen molar-refractivity contribution in [2.45, 2.75) is 34.6 Å². The molecule has 3 aromatic carbocycles. The smallest absolute Gasteiger partial charge is 0.338 e. The second-order valence-electron chi connectivity index (χ2n) is 9.34. The monoisotopic (exact) mass is 554 g/mol. The number of benzene rings is 3. The topological polar surface area (TPSA) is 78.9 Å². The number of esters is 1. The summed E-state index contributed by atoms with van der Waals surface area (Å²) in [6, 6.07) is 18.6. The molecular formula is C35H38O6. The van der Waals surface area contributed by atoms with E-state index in [-0.39, 0.29) is 0 Å². The van der Waals surface area contributed by atoms with Crippen LogP contribution in [-0.4, -0.2) is 25.8 Å². The minimum Gasteiger partial charge on any atom is -0.497 e. The zero-order chi connectivity index (χ0) is 30.9. The number of methoxy groups -OCH3 is 1. The van der Waals surface area contributed by atoms with E-state index in [9.17, 15) is 14.4 Å². The highest BCUT2D eigenvalue weighted by Crippen LogP contribution is 2.36. The SMILES string of the molecule is C=C(C)C.C=C(C)C(=O)Oc1c(-c2ccc(OC)cc2)ccc(/C=C/c2ccc(OC=O)cc2)c1C.C=C(C)C=O. The predicted octanol–water partition coefficient (Wildman–Crippen LogP) is 8.20. The summed E-state index contributed by atoms with van der Waals surface area (Å²) in [6.07, 6.45) is 4.60. The summed E-state index contributed by atoms with van der Waals surface area (Å²) in [7, 11) is 1.61. The minimum absolute atomic E-state index is 0.323. The third-order valence-electron chi connectivity index (χ3n) is 5.11. The van der Waals surface area contributed by atoms with Crippen LogP contribution in [0.15, 0.2) is 97.1 Å². The van der Waals surface area contributed by atoms with E-state index in [4.69, 9.17) is 14.2 Å². The fourth-order valence-corrected chi connectivity index (χ4v) is 3.10. The van der Waals surface area contributed by atoms with E-state index in [0.717, 1.165) is 39.9 Å². The van der Waals surface area contributed by atoms with Crippen molar-refractivity contribution in [1.29, 1.82) is 0 Å². The highest BCUT2D eigenvalue weighted by Gasteiger charge is 2.16. The summed E-state index contributed by atoms with van der Waals surface area (Å²) in [5.41, 5.74) is 6.42. The van der Waals surface area contributed by atoms with Gasteiger partial charge in [-0.25, -0.2) is 4.79 Å². The van der Waals surface area contributed by atoms with Crippen molar-refractivity contribution in [1.82, 2.24) is 0 Å². The molecule has 0 N–H and O–H groups in total. The Hall–Kier alpha value is -4.97. The van der Waals surface area contributed by atoms with Gasteiger partial charge in [-0.2, -0.15) is 0 Å². The van der Waals surface area contributed by atoms with Gasteiger partial charge < -0.3 is 14.2 Å². The maximum atomic E-state index is 12.3. The van der Waals surface area contributed by atoms with Crippen molar-refractivity contribution in [3.63, 3.8) is 0 Å². The lowest BCUT2D eigenvalue weighted by atomic mass is 9.97. The first kappa shape index (κ1) is 34.1. The van der Waals surface area contributed by atoms with Crippen LogP contribution >= 0.6 is 0 Å². The summed E-state index contributed by atoms with van der Waals surface area (Å²) in [5.74, 6) is 1.23. The van der Waals surface area contributed by atoms with Gasteiger partial charge in [0.15, 0.2) is 0 Å². The molecule has 214 valence electrons. The van der Waals surface area contributed by atoms with Gasteiger partial charge in [0.05, 0.1) is 7.11 Å². The molecule has 0 fully saturated rings. The molecule has 6 nitrogen and oxygen atoms in total. The zero-order valence-corrected chi connectivity index (χ0v) is 24.7. The van der Waals surface area contributed by atoms with E-state index in [0.29, 0.717) is 29.1 Å². The van der Waals surface area contributed by atoms with Crippen LogP contribution in [0, 0.1) is 6.92 Å². The lowest BCUT2D eigenvalue weighted by Crippen LogP contribution is -2.10. The number of allylic oxidation sites excluding steroid dienone is 2. The normalized spacial score (nSPS) is 9.71. The Bertz CT molecular complexity index is 1390. The molecule has 41 heavy (non-hydrogen) atoms. The van der Waals surface area contributed by atoms with Gasteiger partial charge in [-0.1, -0.05) is 67.3 Å². The lowest BCUT2D eigenvalue weighted by Gasteiger charge is -2.15. The van der Waals surface area contributed by atoms with Gasteiger partial charge in [-0.05, 0) is 86.7 Å². The zero-order valence-electron chi connectivity index (χ0n) is 24.7. The molecule has 0 aliphatic carbocycles. The molecular weight excluding hydrogens is 516 g/mol. The molecule has 0 bridgehead atoms. The summed E-state index contributed by atoms with van der Waals surface area (Å²) < 4.78 is 15.8. The standard InChI is InChI=1S/C27H24O5.C4H6O.C4H8/c1-18(2)27(29)32-26-19(3)21(8-5-20-6-12-24(13-7-20)31-17-28)11-16-25(26)22-9-14-23(30-4)15-10-22;1-4(2)3-5;1-4(2)3/h5-17H,1H2,2-4H3;3H,1H2,2H3;1H2,2-3H3/b8-5+;;. The van der Waals surface area contributed by atoms with Crippen LogP contribution in [0.3, 0.4) is 0 Å². The first-order valence-corrected chi connectivity index (χ1v) is 12.7. The Balaban J connectivity index is 0.000000814. The molecule has 0 saturated carbocycles. The Kier molecular flexibility index (Phi) is 14.6. The van der Waals surface area contributed by atoms with Gasteiger partial charge in [-0.3, -0.25) is 9.59 Å². The minimum atomic E-state index is -0.477. The molecule has 0 saturated heterocycles. The molecule has 3 rings (SSSR count). The highest BCUT2D eigenvalue weighted by molar-refractivity contribution is 5.91. The van der Waals surface area contributed by atoms with Crippen LogP contribution in [0.5, 0.6) is 17.2 Å². The van der Waals surface area contributed by atoms with Crippen LogP contribution in [-0.2, 0) is 14.4 Å². The van der Waals surface area contributed by atoms with E-state index in [1.54, 1.807) is 33.1 Å². The molecule has 0 aromatic heterocycles. The molecule has 3 aromatic rings. The molecule has 0 heterocycles. The van der Waals surface area contributed by atoms with Gasteiger partial charge in [0.1, 0.15) is 23.5 Å². The molecule has 0 aliphatic rings. The Morgan fingerprint density at radius 2 is 1.32 bits per heavy atom. The number of hydrogen-bond donors (Lipinski definition) is 0. The van der Waals surface area contributed by atoms with Gasteiger partial charge in [0.25, 0.3) is 6.47 Å². The highest BCUT2D eigenvalue weighted by atomic mass is 16.5. The number of aldehydes is 1. The van der Waals surface area contributed by atoms with Gasteiger partial charge in [0.2, 0.25) is 0 Å². The average molecular weight is 555 g/mol. The molecule has 0 unspecified atom stereocenters. The summed E-state index contributed by atoms with van der Waals surface area (Å²) >= 11 is 0. The molecule has 0 atom stereocenters. The maximum absolute atomic E-state index is 12.3.